The van der Waals surface area contributed by atoms with Crippen LogP contribution in [0.5, 0.6) is 5.75 Å². The van der Waals surface area contributed by atoms with Crippen LogP contribution in [0.4, 0.5) is 4.39 Å². The third-order valence-electron chi connectivity index (χ3n) is 9.84. The van der Waals surface area contributed by atoms with Crippen molar-refractivity contribution in [1.29, 1.82) is 0 Å². The number of imidazole rings is 1. The third kappa shape index (κ3) is 4.06. The molecule has 0 spiro atoms. The van der Waals surface area contributed by atoms with Gasteiger partial charge >= 0.3 is 0 Å². The van der Waals surface area contributed by atoms with E-state index in [0.717, 1.165) is 53.0 Å². The lowest BCUT2D eigenvalue weighted by Gasteiger charge is -2.27. The number of hydrogen-bond donors (Lipinski definition) is 1. The summed E-state index contributed by atoms with van der Waals surface area (Å²) < 4.78 is 24.4. The minimum atomic E-state index is -0.486. The number of hydrogen-bond acceptors (Lipinski definition) is 6. The molecule has 3 fully saturated rings. The highest BCUT2D eigenvalue weighted by atomic mass is 19.1. The lowest BCUT2D eigenvalue weighted by molar-refractivity contribution is 0.0700. The number of aryl methyl sites for hydroxylation is 1. The fraction of sp³-hybridized carbons (Fsp3) is 0.394. The van der Waals surface area contributed by atoms with Crippen LogP contribution in [0.15, 0.2) is 42.6 Å². The average Bonchev–Trinajstić information content (AvgIpc) is 3.42. The maximum absolute atomic E-state index is 14.3. The molecule has 43 heavy (non-hydrogen) atoms. The summed E-state index contributed by atoms with van der Waals surface area (Å²) in [5.41, 5.74) is 12.2. The molecule has 5 heterocycles. The standard InChI is InChI=1S/C33H34FN7O2/c1-17-22(10-11-36-30(17)34)23-8-6-19-13-26(40(31(19)37-23)15-18-4-5-18)32-38-24-12-21(14-27(43-3)29(24)39(32)2)33(42)41-16-20-7-9-25(41)28(20)35/h6,8,10-14,18,20,25,28H,4-5,7,9,15-16,35H2,1-3H3. The fourth-order valence-electron chi connectivity index (χ4n) is 7.26. The van der Waals surface area contributed by atoms with Crippen LogP contribution >= 0.6 is 0 Å². The molecule has 220 valence electrons. The van der Waals surface area contributed by atoms with Gasteiger partial charge in [-0.15, -0.1) is 0 Å². The van der Waals surface area contributed by atoms with Crippen molar-refractivity contribution >= 4 is 28.0 Å². The lowest BCUT2D eigenvalue weighted by atomic mass is 10.1. The first-order chi connectivity index (χ1) is 20.8. The van der Waals surface area contributed by atoms with E-state index in [-0.39, 0.29) is 18.0 Å². The Labute approximate surface area is 248 Å². The predicted molar refractivity (Wildman–Crippen MR) is 162 cm³/mol. The molecule has 1 aliphatic heterocycles. The number of fused-ring (bicyclic) bond motifs is 4. The summed E-state index contributed by atoms with van der Waals surface area (Å²) in [4.78, 5) is 29.6. The van der Waals surface area contributed by atoms with Crippen molar-refractivity contribution in [1.82, 2.24) is 29.0 Å². The topological polar surface area (TPSA) is 104 Å². The summed E-state index contributed by atoms with van der Waals surface area (Å²) in [6.45, 7) is 3.26. The molecule has 1 saturated heterocycles. The second-order valence-corrected chi connectivity index (χ2v) is 12.4. The molecule has 10 heteroatoms. The highest BCUT2D eigenvalue weighted by Gasteiger charge is 2.47. The number of likely N-dealkylation sites (tertiary alicyclic amines) is 1. The Morgan fingerprint density at radius 1 is 1.12 bits per heavy atom. The van der Waals surface area contributed by atoms with Gasteiger partial charge in [0.1, 0.15) is 16.9 Å². The van der Waals surface area contributed by atoms with Crippen molar-refractivity contribution in [3.05, 3.63) is 59.7 Å². The van der Waals surface area contributed by atoms with Gasteiger partial charge in [0.15, 0.2) is 5.82 Å². The van der Waals surface area contributed by atoms with E-state index < -0.39 is 5.95 Å². The molecule has 3 unspecified atom stereocenters. The number of ether oxygens (including phenoxy) is 1. The Morgan fingerprint density at radius 2 is 1.95 bits per heavy atom. The number of rotatable bonds is 6. The van der Waals surface area contributed by atoms with Gasteiger partial charge in [0.2, 0.25) is 5.95 Å². The summed E-state index contributed by atoms with van der Waals surface area (Å²) >= 11 is 0. The van der Waals surface area contributed by atoms with Crippen molar-refractivity contribution < 1.29 is 13.9 Å². The number of benzene rings is 1. The molecule has 3 atom stereocenters. The first-order valence-corrected chi connectivity index (χ1v) is 15.1. The zero-order valence-electron chi connectivity index (χ0n) is 24.5. The minimum absolute atomic E-state index is 0.0162. The van der Waals surface area contributed by atoms with Gasteiger partial charge in [-0.3, -0.25) is 4.79 Å². The van der Waals surface area contributed by atoms with E-state index in [9.17, 15) is 9.18 Å². The molecule has 8 rings (SSSR count). The number of amides is 1. The smallest absolute Gasteiger partial charge is 0.254 e. The Hall–Kier alpha value is -4.31. The molecule has 1 aromatic carbocycles. The van der Waals surface area contributed by atoms with Crippen molar-refractivity contribution in [2.24, 2.45) is 24.6 Å². The van der Waals surface area contributed by atoms with E-state index in [1.54, 1.807) is 20.1 Å². The van der Waals surface area contributed by atoms with Crippen LogP contribution in [0.2, 0.25) is 0 Å². The zero-order valence-corrected chi connectivity index (χ0v) is 24.5. The summed E-state index contributed by atoms with van der Waals surface area (Å²) in [6.07, 6.45) is 5.88. The van der Waals surface area contributed by atoms with E-state index in [4.69, 9.17) is 20.4 Å². The summed E-state index contributed by atoms with van der Waals surface area (Å²) in [5, 5.41) is 0.988. The molecule has 4 aromatic heterocycles. The SMILES string of the molecule is COc1cc(C(=O)N2CC3CCC2C3N)cc2nc(-c3cc4ccc(-c5ccnc(F)c5C)nc4n3CC3CC3)n(C)c12. The van der Waals surface area contributed by atoms with E-state index >= 15 is 0 Å². The van der Waals surface area contributed by atoms with E-state index in [0.29, 0.717) is 46.5 Å². The highest BCUT2D eigenvalue weighted by molar-refractivity contribution is 6.00. The Morgan fingerprint density at radius 3 is 2.67 bits per heavy atom. The monoisotopic (exact) mass is 579 g/mol. The van der Waals surface area contributed by atoms with Gasteiger partial charge in [0, 0.05) is 60.5 Å². The van der Waals surface area contributed by atoms with Gasteiger partial charge in [-0.25, -0.2) is 15.0 Å². The van der Waals surface area contributed by atoms with Crippen molar-refractivity contribution in [2.45, 2.75) is 51.2 Å². The van der Waals surface area contributed by atoms with Gasteiger partial charge in [-0.1, -0.05) is 0 Å². The normalized spacial score (nSPS) is 21.4. The van der Waals surface area contributed by atoms with Crippen LogP contribution < -0.4 is 10.5 Å². The number of nitrogens with zero attached hydrogens (tertiary/aromatic N) is 6. The number of halogens is 1. The Balaban J connectivity index is 1.25. The molecular formula is C33H34FN7O2. The Kier molecular flexibility index (Phi) is 5.88. The van der Waals surface area contributed by atoms with Gasteiger partial charge in [-0.2, -0.15) is 4.39 Å². The molecule has 0 radical (unpaired) electrons. The predicted octanol–water partition coefficient (Wildman–Crippen LogP) is 5.08. The third-order valence-corrected chi connectivity index (χ3v) is 9.84. The van der Waals surface area contributed by atoms with Gasteiger partial charge < -0.3 is 24.5 Å². The molecule has 2 aliphatic carbocycles. The maximum Gasteiger partial charge on any atom is 0.254 e. The van der Waals surface area contributed by atoms with Crippen molar-refractivity contribution in [3.8, 4) is 28.5 Å². The fourth-order valence-corrected chi connectivity index (χ4v) is 7.26. The zero-order chi connectivity index (χ0) is 29.6. The molecule has 9 nitrogen and oxygen atoms in total. The van der Waals surface area contributed by atoms with E-state index in [1.807, 2.05) is 40.8 Å². The first-order valence-electron chi connectivity index (χ1n) is 15.1. The van der Waals surface area contributed by atoms with Gasteiger partial charge in [0.05, 0.1) is 24.0 Å². The number of nitrogens with two attached hydrogens (primary N) is 1. The molecule has 3 aliphatic rings. The minimum Gasteiger partial charge on any atom is -0.494 e. The highest BCUT2D eigenvalue weighted by Crippen LogP contribution is 2.40. The summed E-state index contributed by atoms with van der Waals surface area (Å²) in [6, 6.07) is 11.8. The van der Waals surface area contributed by atoms with Crippen LogP contribution in [0.1, 0.15) is 41.6 Å². The van der Waals surface area contributed by atoms with Crippen LogP contribution in [0.25, 0.3) is 44.8 Å². The number of aromatic nitrogens is 5. The number of carbonyl (C=O) groups is 1. The largest absolute Gasteiger partial charge is 0.494 e. The molecule has 2 N–H and O–H groups in total. The first kappa shape index (κ1) is 26.3. The number of carbonyl (C=O) groups excluding carboxylic acids is 1. The van der Waals surface area contributed by atoms with Crippen LogP contribution in [0, 0.1) is 24.7 Å². The maximum atomic E-state index is 14.3. The van der Waals surface area contributed by atoms with Gasteiger partial charge in [-0.05, 0) is 80.8 Å². The quantitative estimate of drug-likeness (QED) is 0.282. The number of methoxy groups -OCH3 is 1. The Bertz CT molecular complexity index is 1940. The number of piperidine rings is 1. The molecule has 5 aromatic rings. The molecule has 2 bridgehead atoms. The van der Waals surface area contributed by atoms with Crippen molar-refractivity contribution in [3.63, 3.8) is 0 Å². The van der Waals surface area contributed by atoms with Crippen LogP contribution in [-0.4, -0.2) is 60.6 Å². The summed E-state index contributed by atoms with van der Waals surface area (Å²) in [7, 11) is 3.61. The van der Waals surface area contributed by atoms with Crippen LogP contribution in [0.3, 0.4) is 0 Å². The number of pyridine rings is 2. The van der Waals surface area contributed by atoms with Gasteiger partial charge in [0.25, 0.3) is 5.91 Å². The van der Waals surface area contributed by atoms with Crippen LogP contribution in [-0.2, 0) is 13.6 Å². The van der Waals surface area contributed by atoms with E-state index in [2.05, 4.69) is 15.6 Å². The van der Waals surface area contributed by atoms with Crippen molar-refractivity contribution in [2.75, 3.05) is 13.7 Å². The van der Waals surface area contributed by atoms with E-state index in [1.165, 1.54) is 19.0 Å². The second-order valence-electron chi connectivity index (χ2n) is 12.4. The average molecular weight is 580 g/mol. The second kappa shape index (κ2) is 9.60. The molecular weight excluding hydrogens is 545 g/mol. The molecule has 2 saturated carbocycles. The summed E-state index contributed by atoms with van der Waals surface area (Å²) in [5.74, 6) is 1.83. The molecule has 1 amide bonds. The lowest BCUT2D eigenvalue weighted by Crippen LogP contribution is -2.41.